The summed E-state index contributed by atoms with van der Waals surface area (Å²) in [4.78, 5) is 12.5. The van der Waals surface area contributed by atoms with Crippen molar-refractivity contribution in [2.75, 3.05) is 5.32 Å². The van der Waals surface area contributed by atoms with Crippen molar-refractivity contribution in [1.29, 1.82) is 0 Å². The van der Waals surface area contributed by atoms with Gasteiger partial charge in [-0.15, -0.1) is 0 Å². The Balaban J connectivity index is 1.84. The van der Waals surface area contributed by atoms with Gasteiger partial charge in [-0.05, 0) is 39.3 Å². The zero-order valence-corrected chi connectivity index (χ0v) is 14.4. The van der Waals surface area contributed by atoms with E-state index in [9.17, 15) is 4.79 Å². The molecule has 2 aromatic heterocycles. The highest BCUT2D eigenvalue weighted by Gasteiger charge is 2.18. The first kappa shape index (κ1) is 16.1. The van der Waals surface area contributed by atoms with E-state index in [2.05, 4.69) is 22.5 Å². The van der Waals surface area contributed by atoms with E-state index in [1.165, 1.54) is 5.56 Å². The number of aromatic nitrogens is 2. The van der Waals surface area contributed by atoms with Crippen LogP contribution in [0.25, 0.3) is 0 Å². The lowest BCUT2D eigenvalue weighted by molar-refractivity contribution is 0.102. The lowest BCUT2D eigenvalue weighted by Gasteiger charge is -2.07. The summed E-state index contributed by atoms with van der Waals surface area (Å²) < 4.78 is 7.35. The fourth-order valence-corrected chi connectivity index (χ4v) is 2.83. The first-order valence-electron chi connectivity index (χ1n) is 7.92. The zero-order chi connectivity index (χ0) is 17.3. The van der Waals surface area contributed by atoms with E-state index in [0.717, 1.165) is 22.8 Å². The van der Waals surface area contributed by atoms with Crippen LogP contribution in [-0.4, -0.2) is 15.7 Å². The fraction of sp³-hybridized carbons (Fsp3) is 0.263. The summed E-state index contributed by atoms with van der Waals surface area (Å²) in [6, 6.07) is 11.9. The Morgan fingerprint density at radius 2 is 1.88 bits per heavy atom. The third-order valence-corrected chi connectivity index (χ3v) is 4.08. The van der Waals surface area contributed by atoms with E-state index < -0.39 is 0 Å². The molecule has 0 unspecified atom stereocenters. The zero-order valence-electron chi connectivity index (χ0n) is 14.4. The number of carbonyl (C=O) groups excluding carboxylic acids is 1. The molecule has 0 aliphatic carbocycles. The van der Waals surface area contributed by atoms with Crippen LogP contribution in [-0.2, 0) is 6.54 Å². The Bertz CT molecular complexity index is 876. The highest BCUT2D eigenvalue weighted by atomic mass is 16.3. The third-order valence-electron chi connectivity index (χ3n) is 4.08. The number of hydrogen-bond donors (Lipinski definition) is 1. The average molecular weight is 323 g/mol. The molecule has 5 heteroatoms. The van der Waals surface area contributed by atoms with Gasteiger partial charge in [-0.25, -0.2) is 0 Å². The van der Waals surface area contributed by atoms with E-state index in [-0.39, 0.29) is 5.91 Å². The molecule has 0 bridgehead atoms. The summed E-state index contributed by atoms with van der Waals surface area (Å²) in [6.07, 6.45) is 0. The Labute approximate surface area is 141 Å². The monoisotopic (exact) mass is 323 g/mol. The van der Waals surface area contributed by atoms with Crippen LogP contribution < -0.4 is 5.32 Å². The molecule has 3 rings (SSSR count). The molecular formula is C19H21N3O2. The smallest absolute Gasteiger partial charge is 0.259 e. The van der Waals surface area contributed by atoms with Crippen molar-refractivity contribution in [3.63, 3.8) is 0 Å². The summed E-state index contributed by atoms with van der Waals surface area (Å²) >= 11 is 0. The van der Waals surface area contributed by atoms with Gasteiger partial charge in [0.15, 0.2) is 0 Å². The van der Waals surface area contributed by atoms with Gasteiger partial charge in [0.05, 0.1) is 29.2 Å². The molecule has 0 saturated carbocycles. The molecule has 0 aliphatic heterocycles. The summed E-state index contributed by atoms with van der Waals surface area (Å²) in [5.41, 5.74) is 4.22. The number of aryl methyl sites for hydroxylation is 3. The van der Waals surface area contributed by atoms with Gasteiger partial charge in [0.2, 0.25) is 0 Å². The minimum Gasteiger partial charge on any atom is -0.466 e. The average Bonchev–Trinajstić information content (AvgIpc) is 3.02. The topological polar surface area (TPSA) is 60.1 Å². The van der Waals surface area contributed by atoms with E-state index >= 15 is 0 Å². The highest BCUT2D eigenvalue weighted by Crippen LogP contribution is 2.22. The predicted octanol–water partition coefficient (Wildman–Crippen LogP) is 4.01. The van der Waals surface area contributed by atoms with Crippen molar-refractivity contribution in [2.45, 2.75) is 34.2 Å². The van der Waals surface area contributed by atoms with Crippen LogP contribution in [0, 0.1) is 27.7 Å². The van der Waals surface area contributed by atoms with E-state index in [1.54, 1.807) is 13.0 Å². The number of amides is 1. The molecule has 24 heavy (non-hydrogen) atoms. The van der Waals surface area contributed by atoms with Gasteiger partial charge < -0.3 is 9.73 Å². The Hall–Kier alpha value is -2.82. The number of anilines is 1. The highest BCUT2D eigenvalue weighted by molar-refractivity contribution is 6.05. The molecule has 1 amide bonds. The Kier molecular flexibility index (Phi) is 4.25. The first-order valence-corrected chi connectivity index (χ1v) is 7.92. The number of carbonyl (C=O) groups is 1. The number of furan rings is 1. The molecule has 0 radical (unpaired) electrons. The van der Waals surface area contributed by atoms with Gasteiger partial charge in [0.1, 0.15) is 11.5 Å². The van der Waals surface area contributed by atoms with Crippen LogP contribution in [0.2, 0.25) is 0 Å². The minimum atomic E-state index is -0.171. The van der Waals surface area contributed by atoms with Gasteiger partial charge in [0.25, 0.3) is 5.91 Å². The molecule has 0 saturated heterocycles. The van der Waals surface area contributed by atoms with Gasteiger partial charge in [-0.2, -0.15) is 5.10 Å². The Morgan fingerprint density at radius 3 is 2.50 bits per heavy atom. The van der Waals surface area contributed by atoms with Crippen molar-refractivity contribution in [1.82, 2.24) is 9.78 Å². The minimum absolute atomic E-state index is 0.171. The number of hydrogen-bond acceptors (Lipinski definition) is 3. The molecule has 3 aromatic rings. The van der Waals surface area contributed by atoms with Crippen molar-refractivity contribution < 1.29 is 9.21 Å². The summed E-state index contributed by atoms with van der Waals surface area (Å²) in [5, 5.41) is 7.53. The second-order valence-corrected chi connectivity index (χ2v) is 5.97. The lowest BCUT2D eigenvalue weighted by Crippen LogP contribution is -2.13. The molecule has 0 aliphatic rings. The van der Waals surface area contributed by atoms with Crippen LogP contribution in [0.1, 0.15) is 38.8 Å². The molecule has 5 nitrogen and oxygen atoms in total. The van der Waals surface area contributed by atoms with Crippen LogP contribution in [0.4, 0.5) is 5.69 Å². The second-order valence-electron chi connectivity index (χ2n) is 5.97. The van der Waals surface area contributed by atoms with E-state index in [1.807, 2.05) is 43.7 Å². The van der Waals surface area contributed by atoms with E-state index in [4.69, 9.17) is 4.42 Å². The van der Waals surface area contributed by atoms with Crippen molar-refractivity contribution in [3.8, 4) is 0 Å². The third kappa shape index (κ3) is 3.11. The number of benzene rings is 1. The van der Waals surface area contributed by atoms with Crippen molar-refractivity contribution in [3.05, 3.63) is 70.4 Å². The standard InChI is InChI=1S/C19H21N3O2/c1-12-10-17(15(4)24-12)19(23)20-18-13(2)21-22(14(18)3)11-16-8-6-5-7-9-16/h5-10H,11H2,1-4H3,(H,20,23). The summed E-state index contributed by atoms with van der Waals surface area (Å²) in [7, 11) is 0. The largest absolute Gasteiger partial charge is 0.466 e. The number of nitrogens with zero attached hydrogens (tertiary/aromatic N) is 2. The maximum Gasteiger partial charge on any atom is 0.259 e. The number of rotatable bonds is 4. The van der Waals surface area contributed by atoms with Gasteiger partial charge in [-0.3, -0.25) is 9.48 Å². The van der Waals surface area contributed by atoms with Crippen LogP contribution >= 0.6 is 0 Å². The molecule has 2 heterocycles. The molecule has 0 fully saturated rings. The van der Waals surface area contributed by atoms with Crippen LogP contribution in [0.15, 0.2) is 40.8 Å². The summed E-state index contributed by atoms with van der Waals surface area (Å²) in [5.74, 6) is 1.18. The maximum absolute atomic E-state index is 12.5. The van der Waals surface area contributed by atoms with Crippen molar-refractivity contribution in [2.24, 2.45) is 0 Å². The second kappa shape index (κ2) is 6.35. The molecule has 1 aromatic carbocycles. The fourth-order valence-electron chi connectivity index (χ4n) is 2.83. The molecule has 1 N–H and O–H groups in total. The molecule has 124 valence electrons. The van der Waals surface area contributed by atoms with Gasteiger partial charge in [0, 0.05) is 0 Å². The molecular weight excluding hydrogens is 302 g/mol. The quantitative estimate of drug-likeness (QED) is 0.789. The van der Waals surface area contributed by atoms with Crippen molar-refractivity contribution >= 4 is 11.6 Å². The molecule has 0 spiro atoms. The van der Waals surface area contributed by atoms with Gasteiger partial charge >= 0.3 is 0 Å². The SMILES string of the molecule is Cc1cc(C(=O)Nc2c(C)nn(Cc3ccccc3)c2C)c(C)o1. The Morgan fingerprint density at radius 1 is 1.17 bits per heavy atom. The lowest BCUT2D eigenvalue weighted by atomic mass is 10.2. The van der Waals surface area contributed by atoms with Gasteiger partial charge in [-0.1, -0.05) is 30.3 Å². The normalized spacial score (nSPS) is 10.8. The predicted molar refractivity (Wildman–Crippen MR) is 93.4 cm³/mol. The summed E-state index contributed by atoms with van der Waals surface area (Å²) in [6.45, 7) is 8.16. The van der Waals surface area contributed by atoms with E-state index in [0.29, 0.717) is 17.9 Å². The number of nitrogens with one attached hydrogen (secondary N) is 1. The van der Waals surface area contributed by atoms with Crippen LogP contribution in [0.5, 0.6) is 0 Å². The van der Waals surface area contributed by atoms with Crippen LogP contribution in [0.3, 0.4) is 0 Å². The molecule has 0 atom stereocenters. The maximum atomic E-state index is 12.5. The first-order chi connectivity index (χ1) is 11.5.